The van der Waals surface area contributed by atoms with Crippen LogP contribution in [0.3, 0.4) is 0 Å². The molecule has 35 heavy (non-hydrogen) atoms. The molecule has 4 rings (SSSR count). The molecule has 186 valence electrons. The van der Waals surface area contributed by atoms with E-state index in [0.29, 0.717) is 16.8 Å². The third-order valence-corrected chi connectivity index (χ3v) is 6.38. The first-order valence-electron chi connectivity index (χ1n) is 11.9. The van der Waals surface area contributed by atoms with E-state index in [1.54, 1.807) is 19.3 Å². The van der Waals surface area contributed by atoms with Crippen LogP contribution in [0.25, 0.3) is 10.9 Å². The van der Waals surface area contributed by atoms with Crippen molar-refractivity contribution in [2.24, 2.45) is 7.05 Å². The van der Waals surface area contributed by atoms with Crippen LogP contribution in [0.1, 0.15) is 26.7 Å². The molecule has 3 aromatic rings. The summed E-state index contributed by atoms with van der Waals surface area (Å²) < 4.78 is 6.93. The standard InChI is InChI=1S/C25H31ClN6O3/c1-4-5-8-31-9-11-32(12-10-31)25-27-15-20(26)23(29-25)28-19-6-7-21-18(13-19)14-22(24(34)30(21)3)35-16-17(2)33/h6-7,13-15H,4-5,8-12,16H2,1-3H3,(H,27,28,29). The number of halogens is 1. The molecule has 0 atom stereocenters. The van der Waals surface area contributed by atoms with E-state index in [0.717, 1.165) is 49.3 Å². The van der Waals surface area contributed by atoms with E-state index >= 15 is 0 Å². The molecule has 1 N–H and O–H groups in total. The highest BCUT2D eigenvalue weighted by Crippen LogP contribution is 2.28. The maximum Gasteiger partial charge on any atom is 0.293 e. The number of aromatic nitrogens is 3. The summed E-state index contributed by atoms with van der Waals surface area (Å²) in [6, 6.07) is 7.25. The minimum absolute atomic E-state index is 0.132. The molecule has 0 spiro atoms. The first-order chi connectivity index (χ1) is 16.9. The average Bonchev–Trinajstić information content (AvgIpc) is 2.85. The van der Waals surface area contributed by atoms with E-state index in [-0.39, 0.29) is 23.7 Å². The number of hydrogen-bond acceptors (Lipinski definition) is 8. The number of rotatable bonds is 9. The molecule has 1 aliphatic rings. The Labute approximate surface area is 209 Å². The third kappa shape index (κ3) is 5.91. The van der Waals surface area contributed by atoms with Crippen molar-refractivity contribution in [1.82, 2.24) is 19.4 Å². The molecule has 3 heterocycles. The number of piperazine rings is 1. The van der Waals surface area contributed by atoms with Gasteiger partial charge in [0.05, 0.1) is 11.7 Å². The summed E-state index contributed by atoms with van der Waals surface area (Å²) in [6.45, 7) is 8.34. The van der Waals surface area contributed by atoms with Crippen molar-refractivity contribution >= 4 is 45.7 Å². The Kier molecular flexibility index (Phi) is 7.87. The second kappa shape index (κ2) is 11.0. The molecular weight excluding hydrogens is 468 g/mol. The van der Waals surface area contributed by atoms with Gasteiger partial charge in [0.1, 0.15) is 11.6 Å². The van der Waals surface area contributed by atoms with Gasteiger partial charge in [-0.1, -0.05) is 24.9 Å². The smallest absolute Gasteiger partial charge is 0.293 e. The van der Waals surface area contributed by atoms with Crippen LogP contribution in [0.4, 0.5) is 17.5 Å². The summed E-state index contributed by atoms with van der Waals surface area (Å²) in [4.78, 5) is 37.6. The number of unbranched alkanes of at least 4 members (excludes halogenated alkanes) is 1. The normalized spacial score (nSPS) is 14.3. The fourth-order valence-electron chi connectivity index (χ4n) is 4.10. The van der Waals surface area contributed by atoms with Gasteiger partial charge >= 0.3 is 0 Å². The van der Waals surface area contributed by atoms with Crippen LogP contribution in [0.5, 0.6) is 5.75 Å². The summed E-state index contributed by atoms with van der Waals surface area (Å²) in [5, 5.41) is 4.48. The first kappa shape index (κ1) is 24.9. The van der Waals surface area contributed by atoms with Gasteiger partial charge in [-0.25, -0.2) is 4.98 Å². The summed E-state index contributed by atoms with van der Waals surface area (Å²) in [6.07, 6.45) is 4.04. The van der Waals surface area contributed by atoms with Crippen molar-refractivity contribution < 1.29 is 9.53 Å². The Bertz CT molecular complexity index is 1270. The predicted octanol–water partition coefficient (Wildman–Crippen LogP) is 3.62. The Morgan fingerprint density at radius 1 is 1.20 bits per heavy atom. The fraction of sp³-hybridized carbons (Fsp3) is 0.440. The molecule has 0 radical (unpaired) electrons. The van der Waals surface area contributed by atoms with Gasteiger partial charge in [-0.05, 0) is 44.2 Å². The third-order valence-electron chi connectivity index (χ3n) is 6.10. The number of nitrogens with zero attached hydrogens (tertiary/aromatic N) is 5. The molecule has 0 amide bonds. The highest BCUT2D eigenvalue weighted by Gasteiger charge is 2.20. The van der Waals surface area contributed by atoms with Crippen molar-refractivity contribution in [3.8, 4) is 5.75 Å². The van der Waals surface area contributed by atoms with E-state index < -0.39 is 0 Å². The highest BCUT2D eigenvalue weighted by molar-refractivity contribution is 6.32. The van der Waals surface area contributed by atoms with E-state index in [4.69, 9.17) is 21.3 Å². The van der Waals surface area contributed by atoms with Gasteiger partial charge in [0.25, 0.3) is 5.56 Å². The molecule has 0 saturated carbocycles. The zero-order chi connectivity index (χ0) is 24.9. The summed E-state index contributed by atoms with van der Waals surface area (Å²) in [7, 11) is 1.67. The number of aryl methyl sites for hydroxylation is 1. The lowest BCUT2D eigenvalue weighted by Crippen LogP contribution is -2.47. The topological polar surface area (TPSA) is 92.6 Å². The van der Waals surface area contributed by atoms with Gasteiger partial charge in [0, 0.05) is 44.3 Å². The minimum atomic E-state index is -0.294. The predicted molar refractivity (Wildman–Crippen MR) is 139 cm³/mol. The van der Waals surface area contributed by atoms with Gasteiger partial charge in [-0.3, -0.25) is 14.5 Å². The number of ether oxygens (including phenoxy) is 1. The molecule has 0 bridgehead atoms. The average molecular weight is 499 g/mol. The lowest BCUT2D eigenvalue weighted by Gasteiger charge is -2.34. The van der Waals surface area contributed by atoms with Crippen molar-refractivity contribution in [2.75, 3.05) is 49.5 Å². The SMILES string of the molecule is CCCCN1CCN(c2ncc(Cl)c(Nc3ccc4c(c3)cc(OCC(C)=O)c(=O)n4C)n2)CC1. The van der Waals surface area contributed by atoms with E-state index in [1.807, 2.05) is 18.2 Å². The largest absolute Gasteiger partial charge is 0.480 e. The van der Waals surface area contributed by atoms with Crippen molar-refractivity contribution in [3.05, 3.63) is 45.8 Å². The number of carbonyl (C=O) groups is 1. The van der Waals surface area contributed by atoms with Crippen molar-refractivity contribution in [1.29, 1.82) is 0 Å². The number of fused-ring (bicyclic) bond motifs is 1. The van der Waals surface area contributed by atoms with Crippen LogP contribution in [0.15, 0.2) is 35.3 Å². The zero-order valence-electron chi connectivity index (χ0n) is 20.4. The number of ketones is 1. The second-order valence-electron chi connectivity index (χ2n) is 8.81. The Hall–Kier alpha value is -3.17. The number of benzene rings is 1. The van der Waals surface area contributed by atoms with Crippen LogP contribution in [-0.2, 0) is 11.8 Å². The monoisotopic (exact) mass is 498 g/mol. The molecule has 1 saturated heterocycles. The minimum Gasteiger partial charge on any atom is -0.480 e. The maximum absolute atomic E-state index is 12.5. The van der Waals surface area contributed by atoms with Gasteiger partial charge in [-0.2, -0.15) is 4.98 Å². The summed E-state index contributed by atoms with van der Waals surface area (Å²) >= 11 is 6.41. The number of anilines is 3. The molecule has 1 aliphatic heterocycles. The lowest BCUT2D eigenvalue weighted by atomic mass is 10.2. The number of Topliss-reactive ketones (excluding diaryl/α,β-unsaturated/α-hetero) is 1. The second-order valence-corrected chi connectivity index (χ2v) is 9.22. The summed E-state index contributed by atoms with van der Waals surface area (Å²) in [5.74, 6) is 1.14. The molecule has 1 aromatic carbocycles. The van der Waals surface area contributed by atoms with Crippen LogP contribution < -0.4 is 20.5 Å². The van der Waals surface area contributed by atoms with Gasteiger partial charge in [-0.15, -0.1) is 0 Å². The zero-order valence-corrected chi connectivity index (χ0v) is 21.1. The molecule has 1 fully saturated rings. The van der Waals surface area contributed by atoms with Crippen LogP contribution in [0, 0.1) is 0 Å². The number of pyridine rings is 1. The highest BCUT2D eigenvalue weighted by atomic mass is 35.5. The van der Waals surface area contributed by atoms with Crippen molar-refractivity contribution in [2.45, 2.75) is 26.7 Å². The molecule has 9 nitrogen and oxygen atoms in total. The van der Waals surface area contributed by atoms with Crippen molar-refractivity contribution in [3.63, 3.8) is 0 Å². The van der Waals surface area contributed by atoms with Gasteiger partial charge in [0.15, 0.2) is 17.4 Å². The fourth-order valence-corrected chi connectivity index (χ4v) is 4.24. The maximum atomic E-state index is 12.5. The Morgan fingerprint density at radius 3 is 2.69 bits per heavy atom. The van der Waals surface area contributed by atoms with Crippen LogP contribution in [-0.4, -0.2) is 64.5 Å². The molecular formula is C25H31ClN6O3. The van der Waals surface area contributed by atoms with E-state index in [9.17, 15) is 9.59 Å². The van der Waals surface area contributed by atoms with Crippen LogP contribution >= 0.6 is 11.6 Å². The quantitative estimate of drug-likeness (QED) is 0.478. The van der Waals surface area contributed by atoms with E-state index in [1.165, 1.54) is 24.3 Å². The number of hydrogen-bond donors (Lipinski definition) is 1. The van der Waals surface area contributed by atoms with Gasteiger partial charge < -0.3 is 19.5 Å². The molecule has 10 heteroatoms. The molecule has 2 aromatic heterocycles. The Morgan fingerprint density at radius 2 is 1.97 bits per heavy atom. The Balaban J connectivity index is 1.54. The first-order valence-corrected chi connectivity index (χ1v) is 12.3. The molecule has 0 unspecified atom stereocenters. The van der Waals surface area contributed by atoms with Crippen LogP contribution in [0.2, 0.25) is 5.02 Å². The lowest BCUT2D eigenvalue weighted by molar-refractivity contribution is -0.118. The van der Waals surface area contributed by atoms with Gasteiger partial charge in [0.2, 0.25) is 5.95 Å². The number of carbonyl (C=O) groups excluding carboxylic acids is 1. The number of nitrogens with one attached hydrogen (secondary N) is 1. The molecule has 0 aliphatic carbocycles. The summed E-state index contributed by atoms with van der Waals surface area (Å²) in [5.41, 5.74) is 1.20. The van der Waals surface area contributed by atoms with E-state index in [2.05, 4.69) is 27.0 Å².